The number of thioether (sulfide) groups is 1. The Bertz CT molecular complexity index is 161. The SMILES string of the molecule is CCN(CCNC1CCSCC1)C(C)C.Cl. The van der Waals surface area contributed by atoms with Gasteiger partial charge >= 0.3 is 0 Å². The molecule has 4 heteroatoms. The van der Waals surface area contributed by atoms with Crippen LogP contribution in [-0.2, 0) is 0 Å². The minimum atomic E-state index is 0. The number of rotatable bonds is 6. The number of hydrogen-bond donors (Lipinski definition) is 1. The van der Waals surface area contributed by atoms with Crippen LogP contribution >= 0.6 is 24.2 Å². The van der Waals surface area contributed by atoms with E-state index in [-0.39, 0.29) is 12.4 Å². The number of halogens is 1. The van der Waals surface area contributed by atoms with Gasteiger partial charge < -0.3 is 5.32 Å². The van der Waals surface area contributed by atoms with Crippen molar-refractivity contribution in [3.8, 4) is 0 Å². The Labute approximate surface area is 111 Å². The van der Waals surface area contributed by atoms with Crippen molar-refractivity contribution < 1.29 is 0 Å². The van der Waals surface area contributed by atoms with Crippen molar-refractivity contribution >= 4 is 24.2 Å². The molecule has 0 aliphatic carbocycles. The molecule has 1 aliphatic rings. The summed E-state index contributed by atoms with van der Waals surface area (Å²) in [7, 11) is 0. The van der Waals surface area contributed by atoms with Crippen LogP contribution in [-0.4, -0.2) is 48.1 Å². The standard InChI is InChI=1S/C12H26N2S.ClH/c1-4-14(11(2)3)8-7-13-12-5-9-15-10-6-12;/h11-13H,4-10H2,1-3H3;1H. The van der Waals surface area contributed by atoms with Gasteiger partial charge in [0.25, 0.3) is 0 Å². The Kier molecular flexibility index (Phi) is 9.91. The predicted molar refractivity (Wildman–Crippen MR) is 78.0 cm³/mol. The second kappa shape index (κ2) is 9.58. The fourth-order valence-electron chi connectivity index (χ4n) is 2.10. The van der Waals surface area contributed by atoms with Crippen LogP contribution in [0.15, 0.2) is 0 Å². The lowest BCUT2D eigenvalue weighted by molar-refractivity contribution is 0.229. The summed E-state index contributed by atoms with van der Waals surface area (Å²) in [6, 6.07) is 1.47. The van der Waals surface area contributed by atoms with Crippen molar-refractivity contribution in [1.29, 1.82) is 0 Å². The number of nitrogens with zero attached hydrogens (tertiary/aromatic N) is 1. The van der Waals surface area contributed by atoms with Gasteiger partial charge in [0.2, 0.25) is 0 Å². The van der Waals surface area contributed by atoms with Gasteiger partial charge in [-0.3, -0.25) is 4.90 Å². The molecule has 0 spiro atoms. The molecule has 0 aromatic rings. The Morgan fingerprint density at radius 1 is 1.31 bits per heavy atom. The van der Waals surface area contributed by atoms with Gasteiger partial charge in [0.05, 0.1) is 0 Å². The number of likely N-dealkylation sites (N-methyl/N-ethyl adjacent to an activating group) is 1. The number of hydrogen-bond acceptors (Lipinski definition) is 3. The maximum atomic E-state index is 3.69. The molecular formula is C12H27ClN2S. The smallest absolute Gasteiger partial charge is 0.0110 e. The lowest BCUT2D eigenvalue weighted by Gasteiger charge is -2.27. The largest absolute Gasteiger partial charge is 0.313 e. The van der Waals surface area contributed by atoms with Gasteiger partial charge in [-0.2, -0.15) is 11.8 Å². The van der Waals surface area contributed by atoms with Gasteiger partial charge in [0.1, 0.15) is 0 Å². The molecule has 0 saturated carbocycles. The Hall–Kier alpha value is 0.560. The van der Waals surface area contributed by atoms with Crippen molar-refractivity contribution in [2.45, 2.75) is 45.7 Å². The van der Waals surface area contributed by atoms with Gasteiger partial charge in [0, 0.05) is 25.2 Å². The highest BCUT2D eigenvalue weighted by atomic mass is 35.5. The molecular weight excluding hydrogens is 240 g/mol. The minimum Gasteiger partial charge on any atom is -0.313 e. The van der Waals surface area contributed by atoms with Crippen LogP contribution in [0.4, 0.5) is 0 Å². The van der Waals surface area contributed by atoms with Crippen LogP contribution in [0.5, 0.6) is 0 Å². The van der Waals surface area contributed by atoms with Crippen LogP contribution in [0.1, 0.15) is 33.6 Å². The van der Waals surface area contributed by atoms with Gasteiger partial charge in [-0.25, -0.2) is 0 Å². The third kappa shape index (κ3) is 6.33. The molecule has 0 aromatic carbocycles. The Balaban J connectivity index is 0.00000225. The first-order valence-electron chi connectivity index (χ1n) is 6.29. The molecule has 1 N–H and O–H groups in total. The molecule has 2 nitrogen and oxygen atoms in total. The fraction of sp³-hybridized carbons (Fsp3) is 1.00. The normalized spacial score (nSPS) is 17.8. The highest BCUT2D eigenvalue weighted by molar-refractivity contribution is 7.99. The van der Waals surface area contributed by atoms with Gasteiger partial charge in [-0.1, -0.05) is 6.92 Å². The maximum absolute atomic E-state index is 3.69. The van der Waals surface area contributed by atoms with Crippen LogP contribution in [0, 0.1) is 0 Å². The molecule has 1 fully saturated rings. The lowest BCUT2D eigenvalue weighted by atomic mass is 10.1. The van der Waals surface area contributed by atoms with E-state index >= 15 is 0 Å². The number of nitrogens with one attached hydrogen (secondary N) is 1. The summed E-state index contributed by atoms with van der Waals surface area (Å²) in [6.45, 7) is 10.3. The van der Waals surface area contributed by atoms with Crippen molar-refractivity contribution in [3.05, 3.63) is 0 Å². The van der Waals surface area contributed by atoms with Crippen molar-refractivity contribution in [1.82, 2.24) is 10.2 Å². The van der Waals surface area contributed by atoms with Gasteiger partial charge in [0.15, 0.2) is 0 Å². The monoisotopic (exact) mass is 266 g/mol. The zero-order chi connectivity index (χ0) is 11.1. The molecule has 1 aliphatic heterocycles. The molecule has 0 aromatic heterocycles. The maximum Gasteiger partial charge on any atom is 0.0110 e. The third-order valence-electron chi connectivity index (χ3n) is 3.19. The van der Waals surface area contributed by atoms with Crippen molar-refractivity contribution in [3.63, 3.8) is 0 Å². The molecule has 0 amide bonds. The molecule has 1 heterocycles. The van der Waals surface area contributed by atoms with E-state index in [0.717, 1.165) is 12.6 Å². The van der Waals surface area contributed by atoms with Crippen LogP contribution in [0.3, 0.4) is 0 Å². The topological polar surface area (TPSA) is 15.3 Å². The summed E-state index contributed by atoms with van der Waals surface area (Å²) in [5.41, 5.74) is 0. The van der Waals surface area contributed by atoms with Crippen LogP contribution in [0.2, 0.25) is 0 Å². The zero-order valence-electron chi connectivity index (χ0n) is 10.9. The van der Waals surface area contributed by atoms with E-state index in [1.807, 2.05) is 0 Å². The van der Waals surface area contributed by atoms with Crippen LogP contribution < -0.4 is 5.32 Å². The van der Waals surface area contributed by atoms with Gasteiger partial charge in [-0.15, -0.1) is 12.4 Å². The van der Waals surface area contributed by atoms with Crippen LogP contribution in [0.25, 0.3) is 0 Å². The Morgan fingerprint density at radius 2 is 1.94 bits per heavy atom. The lowest BCUT2D eigenvalue weighted by Crippen LogP contribution is -2.41. The average molecular weight is 267 g/mol. The molecule has 0 atom stereocenters. The highest BCUT2D eigenvalue weighted by Crippen LogP contribution is 2.16. The first kappa shape index (κ1) is 16.6. The summed E-state index contributed by atoms with van der Waals surface area (Å²) in [5.74, 6) is 2.69. The quantitative estimate of drug-likeness (QED) is 0.796. The summed E-state index contributed by atoms with van der Waals surface area (Å²) in [6.07, 6.45) is 2.72. The van der Waals surface area contributed by atoms with E-state index in [0.29, 0.717) is 6.04 Å². The fourth-order valence-corrected chi connectivity index (χ4v) is 3.20. The summed E-state index contributed by atoms with van der Waals surface area (Å²) < 4.78 is 0. The first-order chi connectivity index (χ1) is 7.24. The van der Waals surface area contributed by atoms with E-state index < -0.39 is 0 Å². The van der Waals surface area contributed by atoms with Crippen molar-refractivity contribution in [2.75, 3.05) is 31.1 Å². The average Bonchev–Trinajstić information content (AvgIpc) is 2.25. The van der Waals surface area contributed by atoms with E-state index in [4.69, 9.17) is 0 Å². The second-order valence-electron chi connectivity index (χ2n) is 4.56. The van der Waals surface area contributed by atoms with E-state index in [2.05, 4.69) is 42.7 Å². The summed E-state index contributed by atoms with van der Waals surface area (Å²) >= 11 is 2.10. The Morgan fingerprint density at radius 3 is 2.44 bits per heavy atom. The van der Waals surface area contributed by atoms with Gasteiger partial charge in [-0.05, 0) is 44.7 Å². The molecule has 1 rings (SSSR count). The molecule has 1 saturated heterocycles. The molecule has 16 heavy (non-hydrogen) atoms. The summed E-state index contributed by atoms with van der Waals surface area (Å²) in [4.78, 5) is 2.52. The second-order valence-corrected chi connectivity index (χ2v) is 5.79. The first-order valence-corrected chi connectivity index (χ1v) is 7.44. The highest BCUT2D eigenvalue weighted by Gasteiger charge is 2.13. The molecule has 98 valence electrons. The summed E-state index contributed by atoms with van der Waals surface area (Å²) in [5, 5.41) is 3.69. The predicted octanol–water partition coefficient (Wildman–Crippen LogP) is 2.62. The zero-order valence-corrected chi connectivity index (χ0v) is 12.5. The molecule has 0 unspecified atom stereocenters. The molecule has 0 bridgehead atoms. The van der Waals surface area contributed by atoms with Crippen molar-refractivity contribution in [2.24, 2.45) is 0 Å². The third-order valence-corrected chi connectivity index (χ3v) is 4.24. The van der Waals surface area contributed by atoms with E-state index in [1.165, 1.54) is 37.4 Å². The van der Waals surface area contributed by atoms with E-state index in [1.54, 1.807) is 0 Å². The molecule has 0 radical (unpaired) electrons. The minimum absolute atomic E-state index is 0. The van der Waals surface area contributed by atoms with E-state index in [9.17, 15) is 0 Å².